The lowest BCUT2D eigenvalue weighted by molar-refractivity contribution is -0.130. The normalized spacial score (nSPS) is 12.6. The van der Waals surface area contributed by atoms with Gasteiger partial charge in [-0.15, -0.1) is 0 Å². The van der Waals surface area contributed by atoms with Crippen LogP contribution in [0.2, 0.25) is 0 Å². The molecule has 0 aliphatic rings. The molecule has 0 aromatic heterocycles. The molecule has 0 unspecified atom stereocenters. The van der Waals surface area contributed by atoms with Crippen molar-refractivity contribution in [2.24, 2.45) is 0 Å². The van der Waals surface area contributed by atoms with Gasteiger partial charge in [0.05, 0.1) is 6.61 Å². The summed E-state index contributed by atoms with van der Waals surface area (Å²) in [7, 11) is 0. The topological polar surface area (TPSA) is 9.23 Å². The Labute approximate surface area is 75.9 Å². The molecule has 0 rings (SSSR count). The van der Waals surface area contributed by atoms with E-state index in [1.807, 2.05) is 0 Å². The Morgan fingerprint density at radius 1 is 1.23 bits per heavy atom. The van der Waals surface area contributed by atoms with Gasteiger partial charge in [0, 0.05) is 0 Å². The van der Waals surface area contributed by atoms with Gasteiger partial charge in [-0.25, -0.2) is 0 Å². The first-order valence-electron chi connectivity index (χ1n) is 3.93. The van der Waals surface area contributed by atoms with Crippen molar-refractivity contribution in [3.63, 3.8) is 0 Å². The maximum atomic E-state index is 12.1. The van der Waals surface area contributed by atoms with Crippen molar-refractivity contribution in [3.8, 4) is 0 Å². The summed E-state index contributed by atoms with van der Waals surface area (Å²) < 4.78 is 40.9. The van der Waals surface area contributed by atoms with Crippen LogP contribution in [-0.4, -0.2) is 12.8 Å². The Balaban J connectivity index is 4.61. The molecule has 0 saturated carbocycles. The highest BCUT2D eigenvalue weighted by molar-refractivity contribution is 5.14. The zero-order chi connectivity index (χ0) is 10.5. The van der Waals surface area contributed by atoms with Crippen molar-refractivity contribution in [2.45, 2.75) is 26.9 Å². The first-order valence-corrected chi connectivity index (χ1v) is 3.93. The summed E-state index contributed by atoms with van der Waals surface area (Å²) in [6, 6.07) is 0. The van der Waals surface area contributed by atoms with Crippen LogP contribution in [0, 0.1) is 0 Å². The molecule has 0 fully saturated rings. The van der Waals surface area contributed by atoms with Gasteiger partial charge in [-0.2, -0.15) is 13.2 Å². The Bertz CT molecular complexity index is 209. The molecule has 0 atom stereocenters. The highest BCUT2D eigenvalue weighted by Gasteiger charge is 2.35. The second kappa shape index (κ2) is 4.94. The lowest BCUT2D eigenvalue weighted by Gasteiger charge is -2.10. The van der Waals surface area contributed by atoms with Crippen LogP contribution in [0.4, 0.5) is 13.2 Å². The number of alkyl halides is 3. The first-order chi connectivity index (χ1) is 5.88. The molecular weight excluding hydrogens is 181 g/mol. The van der Waals surface area contributed by atoms with E-state index in [0.717, 1.165) is 11.6 Å². The van der Waals surface area contributed by atoms with Crippen LogP contribution in [0.3, 0.4) is 0 Å². The Hall–Kier alpha value is -0.930. The molecule has 0 aromatic carbocycles. The van der Waals surface area contributed by atoms with E-state index in [2.05, 4.69) is 4.74 Å². The Morgan fingerprint density at radius 3 is 2.08 bits per heavy atom. The number of hydrogen-bond donors (Lipinski definition) is 0. The van der Waals surface area contributed by atoms with Crippen molar-refractivity contribution in [1.82, 2.24) is 0 Å². The monoisotopic (exact) mass is 194 g/mol. The summed E-state index contributed by atoms with van der Waals surface area (Å²) in [5, 5.41) is 0. The van der Waals surface area contributed by atoms with Crippen molar-refractivity contribution >= 4 is 0 Å². The maximum absolute atomic E-state index is 12.1. The second-order valence-electron chi connectivity index (χ2n) is 2.71. The molecule has 4 heteroatoms. The van der Waals surface area contributed by atoms with Gasteiger partial charge in [0.25, 0.3) is 0 Å². The Kier molecular flexibility index (Phi) is 4.59. The van der Waals surface area contributed by atoms with E-state index < -0.39 is 11.9 Å². The molecule has 0 spiro atoms. The molecule has 76 valence electrons. The minimum absolute atomic E-state index is 0.0158. The van der Waals surface area contributed by atoms with Crippen LogP contribution in [-0.2, 0) is 4.74 Å². The third-order valence-corrected chi connectivity index (χ3v) is 1.15. The summed E-state index contributed by atoms with van der Waals surface area (Å²) in [5.41, 5.74) is 0.793. The van der Waals surface area contributed by atoms with Crippen LogP contribution in [0.15, 0.2) is 23.5 Å². The van der Waals surface area contributed by atoms with E-state index in [-0.39, 0.29) is 6.61 Å². The molecule has 0 heterocycles. The maximum Gasteiger partial charge on any atom is 0.448 e. The van der Waals surface area contributed by atoms with E-state index >= 15 is 0 Å². The standard InChI is InChI=1S/C9H13F3O/c1-4-13-8(9(10,11)12)6-5-7(2)3/h5-6H,4H2,1-3H3. The lowest BCUT2D eigenvalue weighted by atomic mass is 10.3. The predicted octanol–water partition coefficient (Wildman–Crippen LogP) is 3.44. The van der Waals surface area contributed by atoms with E-state index in [1.54, 1.807) is 13.8 Å². The summed E-state index contributed by atoms with van der Waals surface area (Å²) in [6.45, 7) is 4.97. The van der Waals surface area contributed by atoms with Gasteiger partial charge in [0.15, 0.2) is 0 Å². The van der Waals surface area contributed by atoms with Crippen LogP contribution in [0.5, 0.6) is 0 Å². The SMILES string of the molecule is CCOC(=CC=C(C)C)C(F)(F)F. The predicted molar refractivity (Wildman–Crippen MR) is 45.2 cm³/mol. The summed E-state index contributed by atoms with van der Waals surface area (Å²) >= 11 is 0. The average Bonchev–Trinajstić information content (AvgIpc) is 1.95. The largest absolute Gasteiger partial charge is 0.489 e. The van der Waals surface area contributed by atoms with Gasteiger partial charge in [-0.3, -0.25) is 0 Å². The minimum Gasteiger partial charge on any atom is -0.489 e. The zero-order valence-corrected chi connectivity index (χ0v) is 7.90. The quantitative estimate of drug-likeness (QED) is 0.494. The molecule has 0 saturated heterocycles. The van der Waals surface area contributed by atoms with E-state index in [1.165, 1.54) is 13.0 Å². The van der Waals surface area contributed by atoms with Gasteiger partial charge in [-0.05, 0) is 26.8 Å². The summed E-state index contributed by atoms with van der Waals surface area (Å²) in [6.07, 6.45) is -2.08. The van der Waals surface area contributed by atoms with Crippen LogP contribution >= 0.6 is 0 Å². The molecule has 13 heavy (non-hydrogen) atoms. The fraction of sp³-hybridized carbons (Fsp3) is 0.556. The Morgan fingerprint density at radius 2 is 1.77 bits per heavy atom. The van der Waals surface area contributed by atoms with Gasteiger partial charge < -0.3 is 4.74 Å². The molecule has 1 nitrogen and oxygen atoms in total. The molecule has 0 radical (unpaired) electrons. The second-order valence-corrected chi connectivity index (χ2v) is 2.71. The molecular formula is C9H13F3O. The van der Waals surface area contributed by atoms with Crippen molar-refractivity contribution in [3.05, 3.63) is 23.5 Å². The summed E-state index contributed by atoms with van der Waals surface area (Å²) in [4.78, 5) is 0. The van der Waals surface area contributed by atoms with E-state index in [4.69, 9.17) is 0 Å². The zero-order valence-electron chi connectivity index (χ0n) is 7.90. The molecule has 0 aliphatic carbocycles. The van der Waals surface area contributed by atoms with Crippen LogP contribution in [0.25, 0.3) is 0 Å². The molecule has 0 aliphatic heterocycles. The first kappa shape index (κ1) is 12.1. The fourth-order valence-electron chi connectivity index (χ4n) is 0.622. The highest BCUT2D eigenvalue weighted by Crippen LogP contribution is 2.26. The van der Waals surface area contributed by atoms with Crippen molar-refractivity contribution in [2.75, 3.05) is 6.61 Å². The van der Waals surface area contributed by atoms with Crippen molar-refractivity contribution in [1.29, 1.82) is 0 Å². The molecule has 0 aromatic rings. The number of hydrogen-bond acceptors (Lipinski definition) is 1. The minimum atomic E-state index is -4.40. The number of ether oxygens (including phenoxy) is 1. The van der Waals surface area contributed by atoms with Gasteiger partial charge >= 0.3 is 6.18 Å². The molecule has 0 N–H and O–H groups in total. The average molecular weight is 194 g/mol. The van der Waals surface area contributed by atoms with Gasteiger partial charge in [-0.1, -0.05) is 11.6 Å². The van der Waals surface area contributed by atoms with E-state index in [9.17, 15) is 13.2 Å². The smallest absolute Gasteiger partial charge is 0.448 e. The number of rotatable bonds is 3. The van der Waals surface area contributed by atoms with Crippen LogP contribution < -0.4 is 0 Å². The highest BCUT2D eigenvalue weighted by atomic mass is 19.4. The van der Waals surface area contributed by atoms with Crippen LogP contribution in [0.1, 0.15) is 20.8 Å². The lowest BCUT2D eigenvalue weighted by Crippen LogP contribution is -2.14. The van der Waals surface area contributed by atoms with Gasteiger partial charge in [0.1, 0.15) is 0 Å². The molecule has 0 bridgehead atoms. The number of halogens is 3. The van der Waals surface area contributed by atoms with Gasteiger partial charge in [0.2, 0.25) is 5.76 Å². The van der Waals surface area contributed by atoms with Crippen molar-refractivity contribution < 1.29 is 17.9 Å². The third-order valence-electron chi connectivity index (χ3n) is 1.15. The summed E-state index contributed by atoms with van der Waals surface area (Å²) in [5.74, 6) is -0.948. The third kappa shape index (κ3) is 5.33. The number of allylic oxidation sites excluding steroid dienone is 4. The fourth-order valence-corrected chi connectivity index (χ4v) is 0.622. The molecule has 0 amide bonds. The van der Waals surface area contributed by atoms with E-state index in [0.29, 0.717) is 0 Å².